The number of nitrogens with zero attached hydrogens (tertiary/aromatic N) is 1. The van der Waals surface area contributed by atoms with Gasteiger partial charge in [-0.15, -0.1) is 0 Å². The molecule has 1 N–H and O–H groups in total. The number of benzene rings is 2. The molecule has 0 aliphatic heterocycles. The summed E-state index contributed by atoms with van der Waals surface area (Å²) in [6, 6.07) is 15.1. The van der Waals surface area contributed by atoms with Crippen LogP contribution in [0.25, 0.3) is 0 Å². The number of methoxy groups -OCH3 is 1. The van der Waals surface area contributed by atoms with Crippen LogP contribution in [0.2, 0.25) is 0 Å². The van der Waals surface area contributed by atoms with Crippen molar-refractivity contribution in [3.63, 3.8) is 0 Å². The Labute approximate surface area is 167 Å². The second-order valence-corrected chi connectivity index (χ2v) is 8.42. The summed E-state index contributed by atoms with van der Waals surface area (Å²) in [4.78, 5) is 13.1. The van der Waals surface area contributed by atoms with Crippen LogP contribution in [0.4, 0.5) is 5.69 Å². The van der Waals surface area contributed by atoms with Crippen molar-refractivity contribution >= 4 is 21.6 Å². The maximum atomic E-state index is 13.1. The van der Waals surface area contributed by atoms with Crippen molar-refractivity contribution < 1.29 is 17.9 Å². The third-order valence-electron chi connectivity index (χ3n) is 4.58. The summed E-state index contributed by atoms with van der Waals surface area (Å²) in [5.74, 6) is 0.420. The number of amides is 1. The summed E-state index contributed by atoms with van der Waals surface area (Å²) in [5, 5.41) is 3.01. The molecule has 28 heavy (non-hydrogen) atoms. The van der Waals surface area contributed by atoms with Crippen LogP contribution in [0.5, 0.6) is 5.75 Å². The second-order valence-electron chi connectivity index (χ2n) is 6.56. The Balaban J connectivity index is 2.29. The Bertz CT molecular complexity index is 867. The molecule has 0 saturated carbocycles. The fourth-order valence-electron chi connectivity index (χ4n) is 3.16. The van der Waals surface area contributed by atoms with E-state index in [1.54, 1.807) is 38.3 Å². The minimum absolute atomic E-state index is 0.218. The first-order chi connectivity index (χ1) is 13.3. The maximum Gasteiger partial charge on any atom is 0.244 e. The molecule has 0 fully saturated rings. The van der Waals surface area contributed by atoms with E-state index in [1.807, 2.05) is 37.3 Å². The Morgan fingerprint density at radius 2 is 1.64 bits per heavy atom. The van der Waals surface area contributed by atoms with Crippen molar-refractivity contribution in [1.82, 2.24) is 5.32 Å². The molecule has 2 rings (SSSR count). The molecule has 0 aromatic heterocycles. The number of hydrogen-bond donors (Lipinski definition) is 1. The largest absolute Gasteiger partial charge is 0.497 e. The monoisotopic (exact) mass is 404 g/mol. The lowest BCUT2D eigenvalue weighted by molar-refractivity contribution is -0.123. The first-order valence-electron chi connectivity index (χ1n) is 9.30. The van der Waals surface area contributed by atoms with Gasteiger partial charge >= 0.3 is 0 Å². The number of carbonyl (C=O) groups excluding carboxylic acids is 1. The van der Waals surface area contributed by atoms with E-state index in [4.69, 9.17) is 4.74 Å². The predicted molar refractivity (Wildman–Crippen MR) is 112 cm³/mol. The van der Waals surface area contributed by atoms with Gasteiger partial charge in [0.2, 0.25) is 15.9 Å². The molecule has 0 radical (unpaired) electrons. The topological polar surface area (TPSA) is 75.7 Å². The molecule has 0 aliphatic rings. The summed E-state index contributed by atoms with van der Waals surface area (Å²) in [6.45, 7) is 3.78. The van der Waals surface area contributed by atoms with Crippen LogP contribution in [0, 0.1) is 0 Å². The molecule has 2 atom stereocenters. The average molecular weight is 405 g/mol. The first-order valence-corrected chi connectivity index (χ1v) is 11.1. The summed E-state index contributed by atoms with van der Waals surface area (Å²) < 4.78 is 31.3. The van der Waals surface area contributed by atoms with E-state index in [2.05, 4.69) is 5.32 Å². The molecule has 152 valence electrons. The Hall–Kier alpha value is -2.54. The summed E-state index contributed by atoms with van der Waals surface area (Å²) in [7, 11) is -2.03. The number of rotatable bonds is 9. The van der Waals surface area contributed by atoms with Crippen LogP contribution in [0.3, 0.4) is 0 Å². The highest BCUT2D eigenvalue weighted by Crippen LogP contribution is 2.24. The van der Waals surface area contributed by atoms with Crippen molar-refractivity contribution in [2.45, 2.75) is 38.8 Å². The quantitative estimate of drug-likeness (QED) is 0.694. The van der Waals surface area contributed by atoms with E-state index in [-0.39, 0.29) is 11.9 Å². The molecular weight excluding hydrogens is 376 g/mol. The normalized spacial score (nSPS) is 13.4. The van der Waals surface area contributed by atoms with E-state index >= 15 is 0 Å². The molecule has 0 aliphatic carbocycles. The number of nitrogens with one attached hydrogen (secondary N) is 1. The Morgan fingerprint density at radius 3 is 2.11 bits per heavy atom. The molecule has 7 heteroatoms. The van der Waals surface area contributed by atoms with Crippen LogP contribution in [-0.2, 0) is 14.8 Å². The number of sulfonamides is 1. The van der Waals surface area contributed by atoms with Crippen LogP contribution < -0.4 is 14.4 Å². The fourth-order valence-corrected chi connectivity index (χ4v) is 4.37. The van der Waals surface area contributed by atoms with Crippen molar-refractivity contribution in [2.75, 3.05) is 17.7 Å². The van der Waals surface area contributed by atoms with Gasteiger partial charge in [-0.3, -0.25) is 9.10 Å². The number of para-hydroxylation sites is 1. The van der Waals surface area contributed by atoms with Crippen molar-refractivity contribution in [1.29, 1.82) is 0 Å². The molecule has 0 saturated heterocycles. The van der Waals surface area contributed by atoms with Gasteiger partial charge in [0.1, 0.15) is 11.8 Å². The SMILES string of the molecule is CC[C@@H](NC(=O)[C@H](CC)N(c1ccccc1)S(C)(=O)=O)c1ccc(OC)cc1. The van der Waals surface area contributed by atoms with Gasteiger partial charge in [0.05, 0.1) is 25.1 Å². The third-order valence-corrected chi connectivity index (χ3v) is 5.76. The first kappa shape index (κ1) is 21.8. The van der Waals surface area contributed by atoms with E-state index in [1.165, 1.54) is 4.31 Å². The van der Waals surface area contributed by atoms with Crippen LogP contribution in [0.1, 0.15) is 38.3 Å². The summed E-state index contributed by atoms with van der Waals surface area (Å²) in [5.41, 5.74) is 1.42. The second kappa shape index (κ2) is 9.59. The number of anilines is 1. The van der Waals surface area contributed by atoms with Gasteiger partial charge in [-0.1, -0.05) is 44.2 Å². The summed E-state index contributed by atoms with van der Waals surface area (Å²) in [6.07, 6.45) is 2.16. The predicted octanol–water partition coefficient (Wildman–Crippen LogP) is 3.51. The Morgan fingerprint density at radius 1 is 1.04 bits per heavy atom. The average Bonchev–Trinajstić information content (AvgIpc) is 2.69. The van der Waals surface area contributed by atoms with Gasteiger partial charge < -0.3 is 10.1 Å². The molecule has 2 aromatic carbocycles. The van der Waals surface area contributed by atoms with E-state index in [0.717, 1.165) is 17.6 Å². The molecule has 1 amide bonds. The van der Waals surface area contributed by atoms with Crippen molar-refractivity contribution in [2.24, 2.45) is 0 Å². The molecule has 0 unspecified atom stereocenters. The maximum absolute atomic E-state index is 13.1. The number of hydrogen-bond acceptors (Lipinski definition) is 4. The fraction of sp³-hybridized carbons (Fsp3) is 0.381. The van der Waals surface area contributed by atoms with E-state index < -0.39 is 16.1 Å². The lowest BCUT2D eigenvalue weighted by Crippen LogP contribution is -2.50. The van der Waals surface area contributed by atoms with Gasteiger partial charge in [0.15, 0.2) is 0 Å². The zero-order valence-corrected chi connectivity index (χ0v) is 17.6. The standard InChI is InChI=1S/C21H28N2O4S/c1-5-19(16-12-14-18(27-3)15-13-16)22-21(24)20(6-2)23(28(4,25)26)17-10-8-7-9-11-17/h7-15,19-20H,5-6H2,1-4H3,(H,22,24)/t19-,20+/m1/s1. The zero-order chi connectivity index (χ0) is 20.7. The van der Waals surface area contributed by atoms with Gasteiger partial charge in [-0.25, -0.2) is 8.42 Å². The number of carbonyl (C=O) groups is 1. The highest BCUT2D eigenvalue weighted by atomic mass is 32.2. The molecule has 0 bridgehead atoms. The van der Waals surface area contributed by atoms with E-state index in [9.17, 15) is 13.2 Å². The lowest BCUT2D eigenvalue weighted by atomic mass is 10.0. The van der Waals surface area contributed by atoms with Gasteiger partial charge in [0, 0.05) is 0 Å². The molecule has 2 aromatic rings. The van der Waals surface area contributed by atoms with Gasteiger partial charge in [-0.2, -0.15) is 0 Å². The molecule has 0 spiro atoms. The lowest BCUT2D eigenvalue weighted by Gasteiger charge is -2.31. The minimum Gasteiger partial charge on any atom is -0.497 e. The zero-order valence-electron chi connectivity index (χ0n) is 16.8. The smallest absolute Gasteiger partial charge is 0.244 e. The molecular formula is C21H28N2O4S. The highest BCUT2D eigenvalue weighted by molar-refractivity contribution is 7.92. The van der Waals surface area contributed by atoms with Crippen LogP contribution in [0.15, 0.2) is 54.6 Å². The van der Waals surface area contributed by atoms with Gasteiger partial charge in [-0.05, 0) is 42.7 Å². The van der Waals surface area contributed by atoms with Crippen molar-refractivity contribution in [3.05, 3.63) is 60.2 Å². The molecule has 0 heterocycles. The van der Waals surface area contributed by atoms with Crippen molar-refractivity contribution in [3.8, 4) is 5.75 Å². The van der Waals surface area contributed by atoms with E-state index in [0.29, 0.717) is 18.5 Å². The third kappa shape index (κ3) is 5.25. The molecule has 6 nitrogen and oxygen atoms in total. The highest BCUT2D eigenvalue weighted by Gasteiger charge is 2.32. The summed E-state index contributed by atoms with van der Waals surface area (Å²) >= 11 is 0. The van der Waals surface area contributed by atoms with Crippen LogP contribution >= 0.6 is 0 Å². The minimum atomic E-state index is -3.63. The van der Waals surface area contributed by atoms with Gasteiger partial charge in [0.25, 0.3) is 0 Å². The number of ether oxygens (including phenoxy) is 1. The Kier molecular flexibility index (Phi) is 7.45. The van der Waals surface area contributed by atoms with Crippen LogP contribution in [-0.4, -0.2) is 33.7 Å².